The lowest BCUT2D eigenvalue weighted by atomic mass is 10.1. The quantitative estimate of drug-likeness (QED) is 0.169. The van der Waals surface area contributed by atoms with Gasteiger partial charge in [0.25, 0.3) is 0 Å². The molecule has 0 fully saturated rings. The molecule has 0 spiro atoms. The van der Waals surface area contributed by atoms with Crippen LogP contribution in [0.3, 0.4) is 0 Å². The Hall–Kier alpha value is -1.66. The van der Waals surface area contributed by atoms with Crippen LogP contribution in [-0.4, -0.2) is 35.7 Å². The molecule has 0 aromatic heterocycles. The molecule has 2 aromatic rings. The highest BCUT2D eigenvalue weighted by Gasteiger charge is 1.99. The van der Waals surface area contributed by atoms with Gasteiger partial charge in [-0.25, -0.2) is 0 Å². The molecule has 2 aromatic carbocycles. The number of benzene rings is 2. The molecule has 32 heavy (non-hydrogen) atoms. The second kappa shape index (κ2) is 16.0. The van der Waals surface area contributed by atoms with Crippen molar-refractivity contribution < 1.29 is 10.2 Å². The van der Waals surface area contributed by atoms with Crippen molar-refractivity contribution in [1.29, 1.82) is 0 Å². The molecule has 6 heteroatoms. The van der Waals surface area contributed by atoms with E-state index in [1.807, 2.05) is 24.3 Å². The van der Waals surface area contributed by atoms with Gasteiger partial charge in [-0.3, -0.25) is 9.98 Å². The maximum absolute atomic E-state index is 9.83. The third kappa shape index (κ3) is 11.3. The molecule has 0 amide bonds. The maximum Gasteiger partial charge on any atom is 0.125 e. The minimum absolute atomic E-state index is 0.261. The average Bonchev–Trinajstić information content (AvgIpc) is 2.76. The Balaban J connectivity index is 1.38. The summed E-state index contributed by atoms with van der Waals surface area (Å²) in [6, 6.07) is 10.9. The molecule has 0 saturated heterocycles. The summed E-state index contributed by atoms with van der Waals surface area (Å²) in [5, 5.41) is 19.7. The number of hydrogen-bond acceptors (Lipinski definition) is 4. The van der Waals surface area contributed by atoms with Gasteiger partial charge in [-0.05, 0) is 49.2 Å². The van der Waals surface area contributed by atoms with Crippen LogP contribution in [0.5, 0.6) is 11.5 Å². The molecule has 0 saturated carbocycles. The fourth-order valence-corrected chi connectivity index (χ4v) is 4.10. The van der Waals surface area contributed by atoms with E-state index in [0.29, 0.717) is 0 Å². The Morgan fingerprint density at radius 2 is 0.906 bits per heavy atom. The summed E-state index contributed by atoms with van der Waals surface area (Å²) in [6.07, 6.45) is 16.0. The van der Waals surface area contributed by atoms with Crippen molar-refractivity contribution in [2.24, 2.45) is 9.98 Å². The lowest BCUT2D eigenvalue weighted by Gasteiger charge is -2.02. The van der Waals surface area contributed by atoms with Crippen molar-refractivity contribution in [3.05, 3.63) is 56.5 Å². The summed E-state index contributed by atoms with van der Waals surface area (Å²) < 4.78 is 1.74. The Bertz CT molecular complexity index is 797. The highest BCUT2D eigenvalue weighted by Crippen LogP contribution is 2.21. The minimum atomic E-state index is 0.261. The molecule has 0 aliphatic rings. The van der Waals surface area contributed by atoms with Gasteiger partial charge >= 0.3 is 0 Å². The van der Waals surface area contributed by atoms with Gasteiger partial charge in [0.2, 0.25) is 0 Å². The van der Waals surface area contributed by atoms with E-state index in [4.69, 9.17) is 0 Å². The fourth-order valence-electron chi connectivity index (χ4n) is 3.40. The van der Waals surface area contributed by atoms with Gasteiger partial charge in [-0.1, -0.05) is 83.2 Å². The van der Waals surface area contributed by atoms with Crippen LogP contribution < -0.4 is 0 Å². The van der Waals surface area contributed by atoms with Crippen LogP contribution in [0.4, 0.5) is 0 Å². The molecule has 2 rings (SSSR count). The van der Waals surface area contributed by atoms with Crippen molar-refractivity contribution in [1.82, 2.24) is 0 Å². The number of nitrogens with zero attached hydrogens (tertiary/aromatic N) is 2. The number of halogens is 2. The number of rotatable bonds is 15. The zero-order valence-electron chi connectivity index (χ0n) is 18.6. The van der Waals surface area contributed by atoms with E-state index in [1.54, 1.807) is 24.6 Å². The monoisotopic (exact) mass is 564 g/mol. The first-order chi connectivity index (χ1) is 15.6. The molecule has 0 aliphatic heterocycles. The standard InChI is InChI=1S/C26H34Br2N2O2/c27-23-13-11-21(25(31)17-23)19-29-15-9-7-5-3-1-2-4-6-8-10-16-30-20-22-12-14-24(28)18-26(22)32/h11-14,17-20,31-32H,1-10,15-16H2/b29-19+,30-20+. The number of hydrogen-bond donors (Lipinski definition) is 2. The summed E-state index contributed by atoms with van der Waals surface area (Å²) >= 11 is 6.68. The first-order valence-electron chi connectivity index (χ1n) is 11.5. The van der Waals surface area contributed by atoms with Crippen molar-refractivity contribution in [2.45, 2.75) is 64.2 Å². The van der Waals surface area contributed by atoms with E-state index < -0.39 is 0 Å². The first-order valence-corrected chi connectivity index (χ1v) is 13.1. The van der Waals surface area contributed by atoms with E-state index in [-0.39, 0.29) is 11.5 Å². The van der Waals surface area contributed by atoms with Gasteiger partial charge < -0.3 is 10.2 Å². The highest BCUT2D eigenvalue weighted by molar-refractivity contribution is 9.10. The molecular weight excluding hydrogens is 532 g/mol. The predicted molar refractivity (Wildman–Crippen MR) is 143 cm³/mol. The normalized spacial score (nSPS) is 11.7. The zero-order chi connectivity index (χ0) is 23.0. The molecule has 174 valence electrons. The molecule has 4 nitrogen and oxygen atoms in total. The van der Waals surface area contributed by atoms with E-state index in [9.17, 15) is 10.2 Å². The van der Waals surface area contributed by atoms with Gasteiger partial charge in [-0.15, -0.1) is 0 Å². The number of unbranched alkanes of at least 4 members (excludes halogenated alkanes) is 9. The third-order valence-electron chi connectivity index (χ3n) is 5.27. The van der Waals surface area contributed by atoms with Crippen molar-refractivity contribution >= 4 is 44.3 Å². The number of aliphatic imine (C=N–C) groups is 2. The number of aromatic hydroxyl groups is 2. The van der Waals surface area contributed by atoms with Crippen molar-refractivity contribution in [3.63, 3.8) is 0 Å². The Morgan fingerprint density at radius 3 is 1.25 bits per heavy atom. The fraction of sp³-hybridized carbons (Fsp3) is 0.462. The van der Waals surface area contributed by atoms with Crippen molar-refractivity contribution in [2.75, 3.05) is 13.1 Å². The molecule has 0 atom stereocenters. The number of phenols is 2. The molecule has 2 N–H and O–H groups in total. The summed E-state index contributed by atoms with van der Waals surface area (Å²) in [5.41, 5.74) is 1.53. The lowest BCUT2D eigenvalue weighted by Crippen LogP contribution is -1.88. The van der Waals surface area contributed by atoms with Crippen LogP contribution in [0.1, 0.15) is 75.3 Å². The Labute approximate surface area is 209 Å². The van der Waals surface area contributed by atoms with E-state index in [0.717, 1.165) is 46.0 Å². The second-order valence-corrected chi connectivity index (χ2v) is 9.84. The summed E-state index contributed by atoms with van der Waals surface area (Å²) in [6.45, 7) is 1.64. The molecular formula is C26H34Br2N2O2. The van der Waals surface area contributed by atoms with E-state index in [1.165, 1.54) is 51.4 Å². The van der Waals surface area contributed by atoms with Crippen LogP contribution in [0, 0.1) is 0 Å². The lowest BCUT2D eigenvalue weighted by molar-refractivity contribution is 0.473. The average molecular weight is 566 g/mol. The van der Waals surface area contributed by atoms with E-state index in [2.05, 4.69) is 41.8 Å². The van der Waals surface area contributed by atoms with E-state index >= 15 is 0 Å². The molecule has 0 aliphatic carbocycles. The van der Waals surface area contributed by atoms with Crippen LogP contribution in [0.2, 0.25) is 0 Å². The second-order valence-electron chi connectivity index (χ2n) is 8.01. The molecule has 0 unspecified atom stereocenters. The third-order valence-corrected chi connectivity index (χ3v) is 6.26. The van der Waals surface area contributed by atoms with Gasteiger partial charge in [0, 0.05) is 45.6 Å². The van der Waals surface area contributed by atoms with Crippen LogP contribution >= 0.6 is 31.9 Å². The smallest absolute Gasteiger partial charge is 0.125 e. The Morgan fingerprint density at radius 1 is 0.562 bits per heavy atom. The highest BCUT2D eigenvalue weighted by atomic mass is 79.9. The SMILES string of the molecule is Oc1cc(Br)ccc1/C=N/CCCCCCCCCCCC/N=C/c1ccc(Br)cc1O. The van der Waals surface area contributed by atoms with Crippen molar-refractivity contribution in [3.8, 4) is 11.5 Å². The molecule has 0 heterocycles. The van der Waals surface area contributed by atoms with Gasteiger partial charge in [0.15, 0.2) is 0 Å². The predicted octanol–water partition coefficient (Wildman–Crippen LogP) is 8.06. The number of phenolic OH excluding ortho intramolecular Hbond substituents is 2. The largest absolute Gasteiger partial charge is 0.507 e. The summed E-state index contributed by atoms with van der Waals surface area (Å²) in [7, 11) is 0. The van der Waals surface area contributed by atoms with Crippen LogP contribution in [0.15, 0.2) is 55.3 Å². The summed E-state index contributed by atoms with van der Waals surface area (Å²) in [5.74, 6) is 0.522. The minimum Gasteiger partial charge on any atom is -0.507 e. The first kappa shape index (κ1) is 26.6. The molecule has 0 bridgehead atoms. The van der Waals surface area contributed by atoms with Gasteiger partial charge in [0.1, 0.15) is 11.5 Å². The summed E-state index contributed by atoms with van der Waals surface area (Å²) in [4.78, 5) is 8.84. The topological polar surface area (TPSA) is 65.2 Å². The van der Waals surface area contributed by atoms with Gasteiger partial charge in [-0.2, -0.15) is 0 Å². The van der Waals surface area contributed by atoms with Gasteiger partial charge in [0.05, 0.1) is 0 Å². The van der Waals surface area contributed by atoms with Crippen LogP contribution in [-0.2, 0) is 0 Å². The Kier molecular flexibility index (Phi) is 13.3. The molecule has 0 radical (unpaired) electrons. The maximum atomic E-state index is 9.83. The zero-order valence-corrected chi connectivity index (χ0v) is 21.8. The van der Waals surface area contributed by atoms with Crippen LogP contribution in [0.25, 0.3) is 0 Å².